The van der Waals surface area contributed by atoms with E-state index in [4.69, 9.17) is 11.1 Å². The third-order valence-corrected chi connectivity index (χ3v) is 8.94. The summed E-state index contributed by atoms with van der Waals surface area (Å²) in [6.07, 6.45) is 4.27. The van der Waals surface area contributed by atoms with Gasteiger partial charge in [0, 0.05) is 0 Å². The Labute approximate surface area is 94.1 Å². The fourth-order valence-corrected chi connectivity index (χ4v) is 8.11. The first kappa shape index (κ1) is 11.0. The SMILES string of the molecule is CC1(C)C2CCC1(C)C([Si](C)(C)Cl)C2. The molecule has 3 unspecified atom stereocenters. The molecular formula is C12H23ClSi. The molecular weight excluding hydrogens is 208 g/mol. The minimum Gasteiger partial charge on any atom is -0.167 e. The van der Waals surface area contributed by atoms with Crippen molar-refractivity contribution in [3.63, 3.8) is 0 Å². The highest BCUT2D eigenvalue weighted by Gasteiger charge is 2.64. The van der Waals surface area contributed by atoms with E-state index in [9.17, 15) is 0 Å². The molecule has 0 aromatic rings. The number of fused-ring (bicyclic) bond motifs is 2. The summed E-state index contributed by atoms with van der Waals surface area (Å²) in [4.78, 5) is 0. The molecule has 2 saturated carbocycles. The van der Waals surface area contributed by atoms with Crippen LogP contribution in [0.3, 0.4) is 0 Å². The van der Waals surface area contributed by atoms with Crippen LogP contribution in [0.1, 0.15) is 40.0 Å². The number of hydrogen-bond acceptors (Lipinski definition) is 0. The molecule has 2 heteroatoms. The first-order valence-corrected chi connectivity index (χ1v) is 9.97. The molecule has 0 amide bonds. The maximum absolute atomic E-state index is 6.69. The van der Waals surface area contributed by atoms with Crippen molar-refractivity contribution in [1.82, 2.24) is 0 Å². The lowest BCUT2D eigenvalue weighted by molar-refractivity contribution is 0.151. The van der Waals surface area contributed by atoms with Crippen LogP contribution in [-0.4, -0.2) is 7.38 Å². The van der Waals surface area contributed by atoms with E-state index < -0.39 is 7.38 Å². The summed E-state index contributed by atoms with van der Waals surface area (Å²) >= 11 is 6.69. The van der Waals surface area contributed by atoms with Crippen LogP contribution in [0.5, 0.6) is 0 Å². The molecule has 2 rings (SSSR count). The van der Waals surface area contributed by atoms with E-state index >= 15 is 0 Å². The highest BCUT2D eigenvalue weighted by atomic mass is 35.6. The molecule has 2 aliphatic rings. The lowest BCUT2D eigenvalue weighted by Gasteiger charge is -2.43. The molecule has 0 aliphatic heterocycles. The second-order valence-corrected chi connectivity index (χ2v) is 13.5. The molecule has 0 N–H and O–H groups in total. The van der Waals surface area contributed by atoms with Crippen LogP contribution in [-0.2, 0) is 0 Å². The minimum absolute atomic E-state index is 0.537. The highest BCUT2D eigenvalue weighted by Crippen LogP contribution is 2.72. The summed E-state index contributed by atoms with van der Waals surface area (Å²) in [6.45, 7) is 12.1. The third-order valence-electron chi connectivity index (χ3n) is 5.62. The largest absolute Gasteiger partial charge is 0.167 e. The van der Waals surface area contributed by atoms with Gasteiger partial charge in [0.15, 0.2) is 7.38 Å². The predicted octanol–water partition coefficient (Wildman–Crippen LogP) is 4.65. The molecule has 0 nitrogen and oxygen atoms in total. The maximum atomic E-state index is 6.69. The van der Waals surface area contributed by atoms with Crippen LogP contribution in [0.2, 0.25) is 18.6 Å². The Bertz CT molecular complexity index is 254. The lowest BCUT2D eigenvalue weighted by Crippen LogP contribution is -2.39. The molecule has 82 valence electrons. The van der Waals surface area contributed by atoms with Gasteiger partial charge in [0.2, 0.25) is 0 Å². The van der Waals surface area contributed by atoms with Crippen LogP contribution < -0.4 is 0 Å². The normalized spacial score (nSPS) is 45.9. The zero-order chi connectivity index (χ0) is 10.8. The molecule has 14 heavy (non-hydrogen) atoms. The number of hydrogen-bond donors (Lipinski definition) is 0. The number of rotatable bonds is 1. The molecule has 0 radical (unpaired) electrons. The second kappa shape index (κ2) is 2.79. The van der Waals surface area contributed by atoms with Crippen LogP contribution in [0.25, 0.3) is 0 Å². The second-order valence-electron chi connectivity index (χ2n) is 6.73. The van der Waals surface area contributed by atoms with E-state index in [0.717, 1.165) is 11.5 Å². The monoisotopic (exact) mass is 230 g/mol. The summed E-state index contributed by atoms with van der Waals surface area (Å²) in [5.41, 5.74) is 1.91. The molecule has 0 heterocycles. The van der Waals surface area contributed by atoms with Crippen LogP contribution in [0, 0.1) is 16.7 Å². The maximum Gasteiger partial charge on any atom is 0.154 e. The molecule has 2 aliphatic carbocycles. The predicted molar refractivity (Wildman–Crippen MR) is 66.3 cm³/mol. The summed E-state index contributed by atoms with van der Waals surface area (Å²) in [5.74, 6) is 0.947. The van der Waals surface area contributed by atoms with Crippen molar-refractivity contribution in [3.05, 3.63) is 0 Å². The van der Waals surface area contributed by atoms with Gasteiger partial charge in [0.25, 0.3) is 0 Å². The zero-order valence-corrected chi connectivity index (χ0v) is 11.9. The Morgan fingerprint density at radius 1 is 1.21 bits per heavy atom. The van der Waals surface area contributed by atoms with E-state index in [1.54, 1.807) is 0 Å². The average Bonchev–Trinajstić information content (AvgIpc) is 2.32. The van der Waals surface area contributed by atoms with Crippen molar-refractivity contribution in [3.8, 4) is 0 Å². The molecule has 2 fully saturated rings. The van der Waals surface area contributed by atoms with Gasteiger partial charge in [0.1, 0.15) is 0 Å². The van der Waals surface area contributed by atoms with Crippen molar-refractivity contribution in [2.24, 2.45) is 16.7 Å². The summed E-state index contributed by atoms with van der Waals surface area (Å²) < 4.78 is 0. The first-order chi connectivity index (χ1) is 6.19. The van der Waals surface area contributed by atoms with Crippen molar-refractivity contribution in [2.45, 2.75) is 58.7 Å². The molecule has 0 aromatic carbocycles. The van der Waals surface area contributed by atoms with E-state index in [2.05, 4.69) is 33.9 Å². The quantitative estimate of drug-likeness (QED) is 0.455. The third kappa shape index (κ3) is 1.18. The van der Waals surface area contributed by atoms with E-state index in [0.29, 0.717) is 10.8 Å². The average molecular weight is 231 g/mol. The Hall–Kier alpha value is 0.507. The topological polar surface area (TPSA) is 0 Å². The van der Waals surface area contributed by atoms with Gasteiger partial charge in [0.05, 0.1) is 0 Å². The molecule has 3 atom stereocenters. The van der Waals surface area contributed by atoms with Crippen molar-refractivity contribution >= 4 is 18.5 Å². The van der Waals surface area contributed by atoms with Gasteiger partial charge in [-0.15, -0.1) is 0 Å². The fourth-order valence-electron chi connectivity index (χ4n) is 4.24. The summed E-state index contributed by atoms with van der Waals surface area (Å²) in [5, 5.41) is 0. The van der Waals surface area contributed by atoms with Crippen LogP contribution in [0.15, 0.2) is 0 Å². The first-order valence-electron chi connectivity index (χ1n) is 5.88. The highest BCUT2D eigenvalue weighted by molar-refractivity contribution is 7.19. The smallest absolute Gasteiger partial charge is 0.154 e. The Morgan fingerprint density at radius 2 is 1.79 bits per heavy atom. The Kier molecular flexibility index (Phi) is 2.20. The van der Waals surface area contributed by atoms with Crippen molar-refractivity contribution in [1.29, 1.82) is 0 Å². The molecule has 2 bridgehead atoms. The van der Waals surface area contributed by atoms with Crippen LogP contribution in [0.4, 0.5) is 0 Å². The van der Waals surface area contributed by atoms with Crippen molar-refractivity contribution < 1.29 is 0 Å². The minimum atomic E-state index is -1.47. The van der Waals surface area contributed by atoms with Gasteiger partial charge >= 0.3 is 0 Å². The zero-order valence-electron chi connectivity index (χ0n) is 10.2. The fraction of sp³-hybridized carbons (Fsp3) is 1.00. The lowest BCUT2D eigenvalue weighted by atomic mass is 9.71. The number of halogens is 1. The summed E-state index contributed by atoms with van der Waals surface area (Å²) in [6, 6.07) is 0. The molecule has 0 saturated heterocycles. The van der Waals surface area contributed by atoms with E-state index in [1.165, 1.54) is 19.3 Å². The summed E-state index contributed by atoms with van der Waals surface area (Å²) in [7, 11) is -1.47. The van der Waals surface area contributed by atoms with Gasteiger partial charge in [-0.1, -0.05) is 33.9 Å². The standard InChI is InChI=1S/C12H23ClSi/c1-11(2)9-6-7-12(11,3)10(8-9)14(4,5)13/h9-10H,6-8H2,1-5H3. The van der Waals surface area contributed by atoms with E-state index in [-0.39, 0.29) is 0 Å². The Morgan fingerprint density at radius 3 is 2.00 bits per heavy atom. The van der Waals surface area contributed by atoms with Gasteiger partial charge in [-0.3, -0.25) is 0 Å². The molecule has 0 aromatic heterocycles. The molecule has 0 spiro atoms. The van der Waals surface area contributed by atoms with Gasteiger partial charge in [-0.05, 0) is 41.6 Å². The van der Waals surface area contributed by atoms with Gasteiger partial charge in [-0.2, -0.15) is 11.1 Å². The van der Waals surface area contributed by atoms with E-state index in [1.807, 2.05) is 0 Å². The van der Waals surface area contributed by atoms with Crippen LogP contribution >= 0.6 is 11.1 Å². The van der Waals surface area contributed by atoms with Crippen molar-refractivity contribution in [2.75, 3.05) is 0 Å². The van der Waals surface area contributed by atoms with Gasteiger partial charge < -0.3 is 0 Å². The van der Waals surface area contributed by atoms with Gasteiger partial charge in [-0.25, -0.2) is 0 Å². The Balaban J connectivity index is 2.37.